The predicted molar refractivity (Wildman–Crippen MR) is 128 cm³/mol. The Morgan fingerprint density at radius 3 is 2.59 bits per heavy atom. The number of sulfonamides is 1. The lowest BCUT2D eigenvalue weighted by Gasteiger charge is -2.37. The lowest BCUT2D eigenvalue weighted by Crippen LogP contribution is -2.29. The summed E-state index contributed by atoms with van der Waals surface area (Å²) in [7, 11) is -2.13. The molecule has 3 aromatic rings. The summed E-state index contributed by atoms with van der Waals surface area (Å²) in [5.41, 5.74) is 5.04. The van der Waals surface area contributed by atoms with Crippen molar-refractivity contribution in [1.29, 1.82) is 0 Å². The number of fused-ring (bicyclic) bond motifs is 3. The molecule has 0 fully saturated rings. The minimum absolute atomic E-state index is 0.188. The smallest absolute Gasteiger partial charge is 0.261 e. The maximum atomic E-state index is 13.1. The molecule has 2 aliphatic rings. The molecule has 1 heterocycles. The van der Waals surface area contributed by atoms with Crippen molar-refractivity contribution < 1.29 is 13.2 Å². The molecular weight excluding hydrogens is 420 g/mol. The second-order valence-electron chi connectivity index (χ2n) is 8.47. The molecule has 0 amide bonds. The van der Waals surface area contributed by atoms with Crippen LogP contribution in [0.1, 0.15) is 35.1 Å². The van der Waals surface area contributed by atoms with E-state index in [1.807, 2.05) is 12.1 Å². The molecule has 32 heavy (non-hydrogen) atoms. The van der Waals surface area contributed by atoms with Crippen molar-refractivity contribution in [1.82, 2.24) is 0 Å². The standard InChI is InChI=1S/C26H26N2O3S/c1-17-5-3-6-18(15-17)26-23-8-4-7-22(23)24-16-21(13-14-25(24)27-26)32(29,30)28-19-9-11-20(31-2)12-10-19/h3-7,9-16,22-23,26-28H,8H2,1-2H3/t22-,23+,26+/m0/s1. The molecule has 1 aliphatic carbocycles. The summed E-state index contributed by atoms with van der Waals surface area (Å²) in [6.07, 6.45) is 5.41. The van der Waals surface area contributed by atoms with Crippen LogP contribution in [0.4, 0.5) is 11.4 Å². The number of hydrogen-bond acceptors (Lipinski definition) is 4. The summed E-state index contributed by atoms with van der Waals surface area (Å²) in [5, 5.41) is 3.68. The molecule has 1 aliphatic heterocycles. The molecule has 0 bridgehead atoms. The summed E-state index contributed by atoms with van der Waals surface area (Å²) < 4.78 is 34.0. The van der Waals surface area contributed by atoms with E-state index in [4.69, 9.17) is 4.74 Å². The molecule has 0 aromatic heterocycles. The molecule has 3 aromatic carbocycles. The number of aryl methyl sites for hydroxylation is 1. The zero-order chi connectivity index (χ0) is 22.3. The Kier molecular flexibility index (Phi) is 5.18. The Balaban J connectivity index is 1.46. The summed E-state index contributed by atoms with van der Waals surface area (Å²) in [4.78, 5) is 0.266. The number of rotatable bonds is 5. The van der Waals surface area contributed by atoms with Crippen LogP contribution in [0, 0.1) is 12.8 Å². The zero-order valence-corrected chi connectivity index (χ0v) is 18.9. The van der Waals surface area contributed by atoms with E-state index in [1.54, 1.807) is 37.4 Å². The SMILES string of the molecule is COc1ccc(NS(=O)(=O)c2ccc3c(c2)[C@H]2C=CC[C@H]2[C@@H](c2cccc(C)c2)N3)cc1. The highest BCUT2D eigenvalue weighted by Gasteiger charge is 2.38. The topological polar surface area (TPSA) is 67.4 Å². The van der Waals surface area contributed by atoms with E-state index in [0.29, 0.717) is 17.4 Å². The van der Waals surface area contributed by atoms with Gasteiger partial charge >= 0.3 is 0 Å². The number of ether oxygens (including phenoxy) is 1. The minimum atomic E-state index is -3.71. The van der Waals surface area contributed by atoms with Crippen LogP contribution in [0.2, 0.25) is 0 Å². The fourth-order valence-electron chi connectivity index (χ4n) is 4.81. The zero-order valence-electron chi connectivity index (χ0n) is 18.1. The first-order chi connectivity index (χ1) is 15.4. The van der Waals surface area contributed by atoms with Gasteiger partial charge < -0.3 is 10.1 Å². The predicted octanol–water partition coefficient (Wildman–Crippen LogP) is 5.63. The fourth-order valence-corrected chi connectivity index (χ4v) is 5.90. The number of methoxy groups -OCH3 is 1. The van der Waals surface area contributed by atoms with Gasteiger partial charge in [0.05, 0.1) is 18.0 Å². The Hall–Kier alpha value is -3.25. The maximum Gasteiger partial charge on any atom is 0.261 e. The van der Waals surface area contributed by atoms with E-state index in [9.17, 15) is 8.42 Å². The lowest BCUT2D eigenvalue weighted by molar-refractivity contribution is 0.415. The molecule has 0 saturated carbocycles. The first kappa shape index (κ1) is 20.6. The molecule has 5 nitrogen and oxygen atoms in total. The van der Waals surface area contributed by atoms with Crippen LogP contribution < -0.4 is 14.8 Å². The Morgan fingerprint density at radius 1 is 1.03 bits per heavy atom. The molecule has 0 saturated heterocycles. The third kappa shape index (κ3) is 3.75. The summed E-state index contributed by atoms with van der Waals surface area (Å²) in [6.45, 7) is 2.11. The van der Waals surface area contributed by atoms with Gasteiger partial charge in [0.1, 0.15) is 5.75 Å². The fraction of sp³-hybridized carbons (Fsp3) is 0.231. The number of benzene rings is 3. The van der Waals surface area contributed by atoms with E-state index in [1.165, 1.54) is 11.1 Å². The third-order valence-electron chi connectivity index (χ3n) is 6.39. The average molecular weight is 447 g/mol. The van der Waals surface area contributed by atoms with Crippen LogP contribution in [0.5, 0.6) is 5.75 Å². The molecule has 6 heteroatoms. The van der Waals surface area contributed by atoms with Crippen molar-refractivity contribution in [2.24, 2.45) is 5.92 Å². The second-order valence-corrected chi connectivity index (χ2v) is 10.2. The van der Waals surface area contributed by atoms with Crippen LogP contribution in [0.3, 0.4) is 0 Å². The van der Waals surface area contributed by atoms with Crippen LogP contribution in [0.15, 0.2) is 83.8 Å². The summed E-state index contributed by atoms with van der Waals surface area (Å²) >= 11 is 0. The Bertz CT molecular complexity index is 1280. The van der Waals surface area contributed by atoms with Crippen molar-refractivity contribution in [2.75, 3.05) is 17.1 Å². The van der Waals surface area contributed by atoms with E-state index < -0.39 is 10.0 Å². The van der Waals surface area contributed by atoms with Crippen molar-refractivity contribution in [3.05, 3.63) is 95.6 Å². The summed E-state index contributed by atoms with van der Waals surface area (Å²) in [6, 6.07) is 21.0. The molecule has 5 rings (SSSR count). The number of anilines is 2. The molecule has 0 spiro atoms. The van der Waals surface area contributed by atoms with Crippen LogP contribution in [-0.2, 0) is 10.0 Å². The minimum Gasteiger partial charge on any atom is -0.497 e. The number of nitrogens with one attached hydrogen (secondary N) is 2. The van der Waals surface area contributed by atoms with Gasteiger partial charge in [-0.15, -0.1) is 0 Å². The quantitative estimate of drug-likeness (QED) is 0.499. The van der Waals surface area contributed by atoms with Gasteiger partial charge in [0.2, 0.25) is 0 Å². The Morgan fingerprint density at radius 2 is 1.84 bits per heavy atom. The highest BCUT2D eigenvalue weighted by molar-refractivity contribution is 7.92. The van der Waals surface area contributed by atoms with Gasteiger partial charge in [0.15, 0.2) is 0 Å². The van der Waals surface area contributed by atoms with Crippen LogP contribution >= 0.6 is 0 Å². The highest BCUT2D eigenvalue weighted by Crippen LogP contribution is 2.50. The van der Waals surface area contributed by atoms with Gasteiger partial charge in [-0.25, -0.2) is 8.42 Å². The van der Waals surface area contributed by atoms with Crippen LogP contribution in [0.25, 0.3) is 0 Å². The highest BCUT2D eigenvalue weighted by atomic mass is 32.2. The van der Waals surface area contributed by atoms with Crippen LogP contribution in [-0.4, -0.2) is 15.5 Å². The van der Waals surface area contributed by atoms with Gasteiger partial charge in [-0.2, -0.15) is 0 Å². The van der Waals surface area contributed by atoms with Crippen molar-refractivity contribution in [2.45, 2.75) is 30.2 Å². The molecule has 3 atom stereocenters. The van der Waals surface area contributed by atoms with E-state index in [0.717, 1.165) is 17.7 Å². The van der Waals surface area contributed by atoms with Crippen molar-refractivity contribution in [3.8, 4) is 5.75 Å². The van der Waals surface area contributed by atoms with Gasteiger partial charge in [-0.1, -0.05) is 42.0 Å². The molecule has 0 radical (unpaired) electrons. The van der Waals surface area contributed by atoms with Gasteiger partial charge in [0, 0.05) is 17.3 Å². The van der Waals surface area contributed by atoms with Gasteiger partial charge in [-0.05, 0) is 72.9 Å². The monoisotopic (exact) mass is 446 g/mol. The summed E-state index contributed by atoms with van der Waals surface area (Å²) in [5.74, 6) is 1.22. The van der Waals surface area contributed by atoms with Crippen molar-refractivity contribution in [3.63, 3.8) is 0 Å². The average Bonchev–Trinajstić information content (AvgIpc) is 3.29. The first-order valence-corrected chi connectivity index (χ1v) is 12.2. The molecule has 2 N–H and O–H groups in total. The van der Waals surface area contributed by atoms with E-state index >= 15 is 0 Å². The Labute approximate surface area is 189 Å². The van der Waals surface area contributed by atoms with E-state index in [2.05, 4.69) is 53.4 Å². The number of allylic oxidation sites excluding steroid dienone is 2. The molecular formula is C26H26N2O3S. The normalized spacial score (nSPS) is 21.4. The molecule has 0 unspecified atom stereocenters. The lowest BCUT2D eigenvalue weighted by atomic mass is 9.77. The maximum absolute atomic E-state index is 13.1. The van der Waals surface area contributed by atoms with Crippen molar-refractivity contribution >= 4 is 21.4 Å². The third-order valence-corrected chi connectivity index (χ3v) is 7.77. The second kappa shape index (κ2) is 8.02. The van der Waals surface area contributed by atoms with E-state index in [-0.39, 0.29) is 16.9 Å². The molecule has 164 valence electrons. The van der Waals surface area contributed by atoms with Gasteiger partial charge in [-0.3, -0.25) is 4.72 Å². The first-order valence-electron chi connectivity index (χ1n) is 10.8. The van der Waals surface area contributed by atoms with Gasteiger partial charge in [0.25, 0.3) is 10.0 Å². The number of hydrogen-bond donors (Lipinski definition) is 2. The largest absolute Gasteiger partial charge is 0.497 e.